The molecule has 2 aromatic carbocycles. The van der Waals surface area contributed by atoms with Crippen LogP contribution in [0, 0.1) is 13.8 Å². The lowest BCUT2D eigenvalue weighted by molar-refractivity contribution is -0.255. The van der Waals surface area contributed by atoms with Gasteiger partial charge in [0.25, 0.3) is 0 Å². The third kappa shape index (κ3) is 2.88. The molecule has 0 aliphatic heterocycles. The van der Waals surface area contributed by atoms with Crippen LogP contribution in [-0.2, 0) is 0 Å². The molecule has 3 aromatic rings. The normalized spacial score (nSPS) is 10.6. The van der Waals surface area contributed by atoms with Crippen LogP contribution < -0.4 is 9.84 Å². The highest BCUT2D eigenvalue weighted by molar-refractivity contribution is 5.86. The van der Waals surface area contributed by atoms with Gasteiger partial charge in [0.1, 0.15) is 5.75 Å². The Labute approximate surface area is 140 Å². The van der Waals surface area contributed by atoms with Crippen LogP contribution in [0.4, 0.5) is 0 Å². The second-order valence-electron chi connectivity index (χ2n) is 5.63. The van der Waals surface area contributed by atoms with Crippen molar-refractivity contribution < 1.29 is 14.6 Å². The monoisotopic (exact) mass is 321 g/mol. The van der Waals surface area contributed by atoms with Gasteiger partial charge in [-0.2, -0.15) is 5.10 Å². The number of nitrogens with zero attached hydrogens (tertiary/aromatic N) is 2. The molecule has 5 nitrogen and oxygen atoms in total. The summed E-state index contributed by atoms with van der Waals surface area (Å²) in [6, 6.07) is 14.6. The summed E-state index contributed by atoms with van der Waals surface area (Å²) in [5.41, 5.74) is 4.17. The predicted molar refractivity (Wildman–Crippen MR) is 89.4 cm³/mol. The lowest BCUT2D eigenvalue weighted by Crippen LogP contribution is -2.25. The summed E-state index contributed by atoms with van der Waals surface area (Å²) in [5.74, 6) is -0.532. The van der Waals surface area contributed by atoms with E-state index in [0.29, 0.717) is 5.69 Å². The molecule has 3 rings (SSSR count). The van der Waals surface area contributed by atoms with Crippen molar-refractivity contribution in [3.63, 3.8) is 0 Å². The largest absolute Gasteiger partial charge is 0.543 e. The van der Waals surface area contributed by atoms with E-state index in [-0.39, 0.29) is 5.69 Å². The maximum Gasteiger partial charge on any atom is 0.118 e. The van der Waals surface area contributed by atoms with Gasteiger partial charge < -0.3 is 14.6 Å². The first-order chi connectivity index (χ1) is 11.5. The van der Waals surface area contributed by atoms with Crippen molar-refractivity contribution >= 4 is 5.97 Å². The zero-order valence-electron chi connectivity index (χ0n) is 13.7. The molecule has 0 saturated carbocycles. The summed E-state index contributed by atoms with van der Waals surface area (Å²) in [5, 5.41) is 16.0. The van der Waals surface area contributed by atoms with Crippen molar-refractivity contribution in [3.05, 3.63) is 65.4 Å². The summed E-state index contributed by atoms with van der Waals surface area (Å²) in [4.78, 5) is 11.5. The predicted octanol–water partition coefficient (Wildman–Crippen LogP) is 2.53. The zero-order chi connectivity index (χ0) is 17.3. The lowest BCUT2D eigenvalue weighted by atomic mass is 10.1. The van der Waals surface area contributed by atoms with Crippen molar-refractivity contribution in [1.29, 1.82) is 0 Å². The van der Waals surface area contributed by atoms with Gasteiger partial charge in [-0.15, -0.1) is 0 Å². The average Bonchev–Trinajstić information content (AvgIpc) is 3.00. The second kappa shape index (κ2) is 6.20. The molecule has 1 aromatic heterocycles. The van der Waals surface area contributed by atoms with Gasteiger partial charge in [0.15, 0.2) is 0 Å². The quantitative estimate of drug-likeness (QED) is 0.740. The molecule has 122 valence electrons. The van der Waals surface area contributed by atoms with Gasteiger partial charge in [-0.1, -0.05) is 17.7 Å². The average molecular weight is 321 g/mol. The molecule has 0 unspecified atom stereocenters. The molecule has 0 spiro atoms. The van der Waals surface area contributed by atoms with Crippen molar-refractivity contribution in [2.75, 3.05) is 7.11 Å². The molecule has 0 aliphatic rings. The molecule has 24 heavy (non-hydrogen) atoms. The first kappa shape index (κ1) is 15.8. The van der Waals surface area contributed by atoms with Crippen LogP contribution in [0.5, 0.6) is 5.75 Å². The SMILES string of the molecule is COc1ccc(-c2cc(C(=O)[O-])n(-c3ccc(C)cc3C)n2)cc1. The molecule has 0 atom stereocenters. The minimum Gasteiger partial charge on any atom is -0.543 e. The number of rotatable bonds is 4. The highest BCUT2D eigenvalue weighted by Gasteiger charge is 2.13. The number of aromatic carboxylic acids is 1. The van der Waals surface area contributed by atoms with Crippen LogP contribution in [0.3, 0.4) is 0 Å². The van der Waals surface area contributed by atoms with Gasteiger partial charge in [-0.05, 0) is 55.8 Å². The minimum atomic E-state index is -1.26. The molecular formula is C19H17N2O3-. The first-order valence-corrected chi connectivity index (χ1v) is 7.53. The maximum atomic E-state index is 11.5. The van der Waals surface area contributed by atoms with E-state index in [1.165, 1.54) is 10.7 Å². The number of carbonyl (C=O) groups is 1. The second-order valence-corrected chi connectivity index (χ2v) is 5.63. The van der Waals surface area contributed by atoms with E-state index in [0.717, 1.165) is 28.1 Å². The Hall–Kier alpha value is -3.08. The van der Waals surface area contributed by atoms with E-state index < -0.39 is 5.97 Å². The van der Waals surface area contributed by atoms with Gasteiger partial charge in [-0.25, -0.2) is 4.68 Å². The summed E-state index contributed by atoms with van der Waals surface area (Å²) in [7, 11) is 1.60. The van der Waals surface area contributed by atoms with E-state index >= 15 is 0 Å². The zero-order valence-corrected chi connectivity index (χ0v) is 13.7. The summed E-state index contributed by atoms with van der Waals surface area (Å²) in [6.07, 6.45) is 0. The van der Waals surface area contributed by atoms with Crippen molar-refractivity contribution in [3.8, 4) is 22.7 Å². The summed E-state index contributed by atoms with van der Waals surface area (Å²) in [6.45, 7) is 3.92. The Kier molecular flexibility index (Phi) is 4.08. The molecule has 0 fully saturated rings. The topological polar surface area (TPSA) is 67.2 Å². The van der Waals surface area contributed by atoms with E-state index in [1.54, 1.807) is 7.11 Å². The Balaban J connectivity index is 2.12. The van der Waals surface area contributed by atoms with Crippen LogP contribution in [0.2, 0.25) is 0 Å². The van der Waals surface area contributed by atoms with Gasteiger partial charge in [-0.3, -0.25) is 0 Å². The van der Waals surface area contributed by atoms with E-state index in [1.807, 2.05) is 56.3 Å². The van der Waals surface area contributed by atoms with Gasteiger partial charge in [0, 0.05) is 5.56 Å². The van der Waals surface area contributed by atoms with Crippen LogP contribution in [0.1, 0.15) is 21.6 Å². The smallest absolute Gasteiger partial charge is 0.118 e. The highest BCUT2D eigenvalue weighted by Crippen LogP contribution is 2.25. The van der Waals surface area contributed by atoms with E-state index in [4.69, 9.17) is 4.74 Å². The van der Waals surface area contributed by atoms with Crippen molar-refractivity contribution in [2.45, 2.75) is 13.8 Å². The van der Waals surface area contributed by atoms with E-state index in [2.05, 4.69) is 5.10 Å². The minimum absolute atomic E-state index is 0.0211. The maximum absolute atomic E-state index is 11.5. The molecule has 0 radical (unpaired) electrons. The number of aryl methyl sites for hydroxylation is 2. The number of carboxylic acid groups (broad SMARTS) is 1. The number of aromatic nitrogens is 2. The number of methoxy groups -OCH3 is 1. The number of hydrogen-bond donors (Lipinski definition) is 0. The van der Waals surface area contributed by atoms with E-state index in [9.17, 15) is 9.90 Å². The van der Waals surface area contributed by atoms with Crippen LogP contribution in [-0.4, -0.2) is 22.9 Å². The molecule has 0 amide bonds. The van der Waals surface area contributed by atoms with Crippen LogP contribution in [0.25, 0.3) is 16.9 Å². The molecule has 1 heterocycles. The molecule has 0 N–H and O–H groups in total. The fourth-order valence-corrected chi connectivity index (χ4v) is 2.66. The third-order valence-corrected chi connectivity index (χ3v) is 3.88. The van der Waals surface area contributed by atoms with Crippen LogP contribution >= 0.6 is 0 Å². The highest BCUT2D eigenvalue weighted by atomic mass is 16.5. The lowest BCUT2D eigenvalue weighted by Gasteiger charge is -2.11. The fraction of sp³-hybridized carbons (Fsp3) is 0.158. The summed E-state index contributed by atoms with van der Waals surface area (Å²) >= 11 is 0. The number of carboxylic acids is 1. The summed E-state index contributed by atoms with van der Waals surface area (Å²) < 4.78 is 6.56. The molecule has 0 saturated heterocycles. The van der Waals surface area contributed by atoms with Crippen LogP contribution in [0.15, 0.2) is 48.5 Å². The van der Waals surface area contributed by atoms with Gasteiger partial charge in [0.05, 0.1) is 30.2 Å². The number of hydrogen-bond acceptors (Lipinski definition) is 4. The fourth-order valence-electron chi connectivity index (χ4n) is 2.66. The number of carbonyl (C=O) groups excluding carboxylic acids is 1. The third-order valence-electron chi connectivity index (χ3n) is 3.88. The first-order valence-electron chi connectivity index (χ1n) is 7.53. The van der Waals surface area contributed by atoms with Gasteiger partial charge >= 0.3 is 0 Å². The van der Waals surface area contributed by atoms with Crippen molar-refractivity contribution in [1.82, 2.24) is 9.78 Å². The van der Waals surface area contributed by atoms with Crippen molar-refractivity contribution in [2.24, 2.45) is 0 Å². The number of benzene rings is 2. The molecule has 0 aliphatic carbocycles. The standard InChI is InChI=1S/C19H18N2O3/c1-12-4-9-17(13(2)10-12)21-18(19(22)23)11-16(20-21)14-5-7-15(24-3)8-6-14/h4-11H,1-3H3,(H,22,23)/p-1. The molecule has 5 heteroatoms. The Morgan fingerprint density at radius 2 is 1.79 bits per heavy atom. The number of ether oxygens (including phenoxy) is 1. The Morgan fingerprint density at radius 1 is 1.08 bits per heavy atom. The Bertz CT molecular complexity index is 895. The van der Waals surface area contributed by atoms with Gasteiger partial charge in [0.2, 0.25) is 0 Å². The Morgan fingerprint density at radius 3 is 2.38 bits per heavy atom. The molecule has 0 bridgehead atoms. The molecular weight excluding hydrogens is 304 g/mol.